The number of carbonyl (C=O) groups excluding carboxylic acids is 6. The minimum Gasteiger partial charge on any atom is -0.379 e. The largest absolute Gasteiger partial charge is 0.379 e. The van der Waals surface area contributed by atoms with Crippen molar-refractivity contribution in [3.8, 4) is 0 Å². The molecule has 1 aromatic carbocycles. The second-order valence-corrected chi connectivity index (χ2v) is 23.2. The summed E-state index contributed by atoms with van der Waals surface area (Å²) in [6.45, 7) is 14.4. The minimum absolute atomic E-state index is 0.0252. The van der Waals surface area contributed by atoms with Gasteiger partial charge in [-0.15, -0.1) is 5.10 Å². The summed E-state index contributed by atoms with van der Waals surface area (Å²) in [4.78, 5) is 90.5. The molecule has 402 valence electrons. The van der Waals surface area contributed by atoms with Crippen LogP contribution in [-0.4, -0.2) is 155 Å². The summed E-state index contributed by atoms with van der Waals surface area (Å²) in [6.07, 6.45) is 8.48. The molecule has 4 heterocycles. The van der Waals surface area contributed by atoms with E-state index in [0.29, 0.717) is 42.7 Å². The summed E-state index contributed by atoms with van der Waals surface area (Å²) >= 11 is 0. The lowest BCUT2D eigenvalue weighted by Gasteiger charge is -2.41. The highest BCUT2D eigenvalue weighted by molar-refractivity contribution is 7.90. The number of nitrogens with one attached hydrogen (secondary N) is 1. The van der Waals surface area contributed by atoms with Crippen LogP contribution in [0.25, 0.3) is 0 Å². The molecule has 73 heavy (non-hydrogen) atoms. The van der Waals surface area contributed by atoms with E-state index in [1.807, 2.05) is 65.1 Å². The molecule has 3 fully saturated rings. The number of sulfonamides is 1. The summed E-state index contributed by atoms with van der Waals surface area (Å²) < 4.78 is 42.6. The van der Waals surface area contributed by atoms with E-state index >= 15 is 0 Å². The number of Topliss-reactive ketones (excluding diaryl/α,β-unsaturated/α-hetero) is 2. The zero-order valence-corrected chi connectivity index (χ0v) is 45.3. The molecule has 2 bridgehead atoms. The van der Waals surface area contributed by atoms with E-state index < -0.39 is 63.7 Å². The van der Waals surface area contributed by atoms with Crippen molar-refractivity contribution in [1.82, 2.24) is 39.3 Å². The van der Waals surface area contributed by atoms with Gasteiger partial charge < -0.3 is 24.2 Å². The molecule has 1 saturated carbocycles. The molecule has 2 aromatic rings. The fourth-order valence-electron chi connectivity index (χ4n) is 11.9. The predicted molar refractivity (Wildman–Crippen MR) is 275 cm³/mol. The maximum absolute atomic E-state index is 14.5. The molecule has 2 saturated heterocycles. The number of allylic oxidation sites excluding steroid dienone is 1. The fourth-order valence-corrected chi connectivity index (χ4v) is 13.0. The van der Waals surface area contributed by atoms with Crippen LogP contribution in [0.4, 0.5) is 0 Å². The Bertz CT molecular complexity index is 2410. The smallest absolute Gasteiger partial charge is 0.251 e. The molecule has 0 radical (unpaired) electrons. The van der Waals surface area contributed by atoms with Gasteiger partial charge in [-0.1, -0.05) is 83.2 Å². The van der Waals surface area contributed by atoms with Gasteiger partial charge in [0, 0.05) is 82.8 Å². The van der Waals surface area contributed by atoms with Crippen LogP contribution in [0.5, 0.6) is 0 Å². The third kappa shape index (κ3) is 14.0. The number of ketones is 2. The third-order valence-corrected chi connectivity index (χ3v) is 17.6. The Kier molecular flexibility index (Phi) is 19.9. The summed E-state index contributed by atoms with van der Waals surface area (Å²) in [5.74, 6) is -4.05. The van der Waals surface area contributed by atoms with Gasteiger partial charge in [0.05, 0.1) is 55.2 Å². The van der Waals surface area contributed by atoms with Crippen LogP contribution >= 0.6 is 0 Å². The van der Waals surface area contributed by atoms with Crippen molar-refractivity contribution in [2.75, 3.05) is 40.6 Å². The van der Waals surface area contributed by atoms with E-state index in [-0.39, 0.29) is 92.4 Å². The number of ether oxygens (including phenoxy) is 2. The monoisotopic (exact) mass is 1030 g/mol. The van der Waals surface area contributed by atoms with Gasteiger partial charge in [-0.3, -0.25) is 43.1 Å². The van der Waals surface area contributed by atoms with Gasteiger partial charge in [0.1, 0.15) is 11.5 Å². The standard InChI is InChI=1S/C54H80N8O10S/c1-11-35(4)50(59(8)54(68)43(34(2)3)30-46(64)51-39-21-22-42(28-39)58(51)7)47(71-9)31-49(66)61-25-15-19-44(61)52(72-10)37(6)45(63)29-40(27-38-17-13-12-14-18-38)53(67)56-73(69,70)26-16-24-60-32-41(55-57-60)33-62-36(5)20-23-48(62)65/h12-14,17-18,20,23,32,34-35,37,39-40,42-44,47,50-52H,5,11,15-16,19,21-22,24-31,33H2,1-4,6-10H3,(H,56,67)/t35-,37-,39-,40+,42+,43-,44-,47+,50-,51-,52+/m0/s1. The zero-order valence-electron chi connectivity index (χ0n) is 44.5. The lowest BCUT2D eigenvalue weighted by atomic mass is 9.83. The molecule has 0 unspecified atom stereocenters. The zero-order chi connectivity index (χ0) is 53.3. The lowest BCUT2D eigenvalue weighted by Crippen LogP contribution is -2.54. The van der Waals surface area contributed by atoms with Crippen molar-refractivity contribution >= 4 is 45.2 Å². The Morgan fingerprint density at radius 2 is 1.70 bits per heavy atom. The molecule has 1 aliphatic carbocycles. The summed E-state index contributed by atoms with van der Waals surface area (Å²) in [7, 11) is 2.72. The Hall–Kier alpha value is -5.11. The first kappa shape index (κ1) is 57.2. The topological polar surface area (TPSA) is 211 Å². The van der Waals surface area contributed by atoms with Crippen LogP contribution < -0.4 is 4.72 Å². The highest BCUT2D eigenvalue weighted by atomic mass is 32.2. The van der Waals surface area contributed by atoms with E-state index in [9.17, 15) is 37.2 Å². The molecule has 11 atom stereocenters. The van der Waals surface area contributed by atoms with E-state index in [0.717, 1.165) is 31.2 Å². The number of piperidine rings is 1. The average Bonchev–Trinajstić information content (AvgIpc) is 4.23. The number of methoxy groups -OCH3 is 2. The van der Waals surface area contributed by atoms with Gasteiger partial charge in [0.2, 0.25) is 27.7 Å². The molecule has 19 heteroatoms. The van der Waals surface area contributed by atoms with E-state index in [1.165, 1.54) is 22.8 Å². The number of likely N-dealkylation sites (tertiary alicyclic amines) is 2. The van der Waals surface area contributed by atoms with Gasteiger partial charge in [-0.05, 0) is 81.4 Å². The Balaban J connectivity index is 1.08. The Morgan fingerprint density at radius 1 is 0.973 bits per heavy atom. The van der Waals surface area contributed by atoms with Crippen molar-refractivity contribution in [3.63, 3.8) is 0 Å². The maximum atomic E-state index is 14.5. The van der Waals surface area contributed by atoms with Crippen LogP contribution in [0.3, 0.4) is 0 Å². The third-order valence-electron chi connectivity index (χ3n) is 16.3. The molecule has 3 aliphatic heterocycles. The predicted octanol–water partition coefficient (Wildman–Crippen LogP) is 4.98. The van der Waals surface area contributed by atoms with Crippen molar-refractivity contribution in [3.05, 3.63) is 72.2 Å². The van der Waals surface area contributed by atoms with E-state index in [4.69, 9.17) is 9.47 Å². The van der Waals surface area contributed by atoms with E-state index in [1.54, 1.807) is 43.2 Å². The SMILES string of the molecule is C=C1C=CC(=O)N1Cc1cn(CCCS(=O)(=O)NC(=O)[C@@H](CC(=O)[C@H](C)[C@@H](OC)[C@@H]2CCCN2C(=O)C[C@@H](OC)[C@H]([C@@H](C)CC)N(C)C(=O)[C@@H](CC(=O)[C@@H]2[C@H]3CC[C@H](C3)N2C)C(C)C)Cc2ccccc2)nn1. The maximum Gasteiger partial charge on any atom is 0.251 e. The van der Waals surface area contributed by atoms with Crippen molar-refractivity contribution < 1.29 is 46.7 Å². The first-order valence-corrected chi connectivity index (χ1v) is 27.9. The highest BCUT2D eigenvalue weighted by Gasteiger charge is 2.49. The van der Waals surface area contributed by atoms with Gasteiger partial charge in [-0.25, -0.2) is 8.42 Å². The van der Waals surface area contributed by atoms with Gasteiger partial charge in [-0.2, -0.15) is 0 Å². The van der Waals surface area contributed by atoms with Crippen molar-refractivity contribution in [2.45, 2.75) is 155 Å². The second-order valence-electron chi connectivity index (χ2n) is 21.4. The number of hydrogen-bond donors (Lipinski definition) is 1. The molecule has 6 rings (SSSR count). The summed E-state index contributed by atoms with van der Waals surface area (Å²) in [6, 6.07) is 8.41. The van der Waals surface area contributed by atoms with Crippen molar-refractivity contribution in [1.29, 1.82) is 0 Å². The number of rotatable bonds is 28. The van der Waals surface area contributed by atoms with Crippen LogP contribution in [-0.2, 0) is 67.8 Å². The summed E-state index contributed by atoms with van der Waals surface area (Å²) in [5.41, 5.74) is 1.79. The van der Waals surface area contributed by atoms with Crippen molar-refractivity contribution in [2.24, 2.45) is 35.5 Å². The number of carbonyl (C=O) groups is 6. The molecular weight excluding hydrogens is 953 g/mol. The molecule has 0 spiro atoms. The fraction of sp³-hybridized carbons (Fsp3) is 0.667. The van der Waals surface area contributed by atoms with Crippen LogP contribution in [0.1, 0.15) is 110 Å². The molecule has 4 amide bonds. The lowest BCUT2D eigenvalue weighted by molar-refractivity contribution is -0.149. The van der Waals surface area contributed by atoms with Crippen LogP contribution in [0.2, 0.25) is 0 Å². The molecular formula is C54H80N8O10S. The number of aryl methyl sites for hydroxylation is 1. The van der Waals surface area contributed by atoms with Gasteiger partial charge in [0.15, 0.2) is 5.78 Å². The number of nitrogens with zero attached hydrogens (tertiary/aromatic N) is 7. The number of hydrogen-bond acceptors (Lipinski definition) is 13. The normalized spacial score (nSPS) is 22.9. The molecule has 4 aliphatic rings. The van der Waals surface area contributed by atoms with Gasteiger partial charge in [0.25, 0.3) is 5.91 Å². The van der Waals surface area contributed by atoms with Crippen LogP contribution in [0, 0.1) is 35.5 Å². The number of aromatic nitrogens is 3. The number of amides is 4. The first-order valence-electron chi connectivity index (χ1n) is 26.2. The molecule has 1 N–H and O–H groups in total. The second kappa shape index (κ2) is 25.4. The average molecular weight is 1030 g/mol. The Labute approximate surface area is 432 Å². The van der Waals surface area contributed by atoms with E-state index in [2.05, 4.69) is 26.5 Å². The molecule has 18 nitrogen and oxygen atoms in total. The quantitative estimate of drug-likeness (QED) is 0.119. The summed E-state index contributed by atoms with van der Waals surface area (Å²) in [5, 5.41) is 8.14. The number of likely N-dealkylation sites (N-methyl/N-ethyl adjacent to an activating group) is 2. The first-order chi connectivity index (χ1) is 34.7. The molecule has 1 aromatic heterocycles. The minimum atomic E-state index is -4.14. The highest BCUT2D eigenvalue weighted by Crippen LogP contribution is 2.43. The Morgan fingerprint density at radius 3 is 2.32 bits per heavy atom. The van der Waals surface area contributed by atoms with Crippen LogP contribution in [0.15, 0.2) is 61.0 Å². The number of benzene rings is 1. The number of fused-ring (bicyclic) bond motifs is 2. The van der Waals surface area contributed by atoms with Gasteiger partial charge >= 0.3 is 0 Å².